The highest BCUT2D eigenvalue weighted by atomic mass is 32.2. The summed E-state index contributed by atoms with van der Waals surface area (Å²) in [5, 5.41) is 0. The van der Waals surface area contributed by atoms with Crippen LogP contribution in [0.15, 0.2) is 0 Å². The number of hydrogen-bond acceptors (Lipinski definition) is 2. The molecule has 0 saturated carbocycles. The van der Waals surface area contributed by atoms with Crippen molar-refractivity contribution in [1.29, 1.82) is 0 Å². The molecule has 0 aliphatic heterocycles. The fourth-order valence-electron chi connectivity index (χ4n) is 1.69. The van der Waals surface area contributed by atoms with Gasteiger partial charge in [-0.3, -0.25) is 0 Å². The Morgan fingerprint density at radius 3 is 2.29 bits per heavy atom. The molecule has 14 heavy (non-hydrogen) atoms. The van der Waals surface area contributed by atoms with Crippen LogP contribution in [0, 0.1) is 0 Å². The number of nitrogens with zero attached hydrogens (tertiary/aromatic N) is 1. The van der Waals surface area contributed by atoms with Gasteiger partial charge in [-0.2, -0.15) is 0 Å². The van der Waals surface area contributed by atoms with Crippen molar-refractivity contribution < 1.29 is 8.76 Å². The summed E-state index contributed by atoms with van der Waals surface area (Å²) in [4.78, 5) is 2.41. The fraction of sp³-hybridized carbons (Fsp3) is 1.00. The van der Waals surface area contributed by atoms with Gasteiger partial charge in [-0.25, -0.2) is 4.21 Å². The second kappa shape index (κ2) is 8.38. The first-order chi connectivity index (χ1) is 6.61. The van der Waals surface area contributed by atoms with Gasteiger partial charge in [0.25, 0.3) is 0 Å². The van der Waals surface area contributed by atoms with Crippen molar-refractivity contribution in [3.8, 4) is 0 Å². The van der Waals surface area contributed by atoms with Gasteiger partial charge in [-0.05, 0) is 32.9 Å². The minimum atomic E-state index is -1.61. The average Bonchev–Trinajstić information content (AvgIpc) is 2.14. The summed E-state index contributed by atoms with van der Waals surface area (Å²) in [6, 6.07) is 0.595. The van der Waals surface area contributed by atoms with Crippen LogP contribution in [-0.4, -0.2) is 38.5 Å². The quantitative estimate of drug-likeness (QED) is 0.504. The maximum Gasteiger partial charge on any atom is 0.152 e. The van der Waals surface area contributed by atoms with Crippen LogP contribution >= 0.6 is 0 Å². The van der Waals surface area contributed by atoms with Crippen molar-refractivity contribution in [3.63, 3.8) is 0 Å². The zero-order valence-corrected chi connectivity index (χ0v) is 10.3. The van der Waals surface area contributed by atoms with E-state index in [1.54, 1.807) is 0 Å². The predicted molar refractivity (Wildman–Crippen MR) is 61.9 cm³/mol. The normalized spacial score (nSPS) is 15.8. The van der Waals surface area contributed by atoms with E-state index in [-0.39, 0.29) is 0 Å². The molecule has 0 radical (unpaired) electrons. The van der Waals surface area contributed by atoms with E-state index in [9.17, 15) is 4.21 Å². The smallest absolute Gasteiger partial charge is 0.152 e. The Hall–Kier alpha value is 0.0700. The van der Waals surface area contributed by atoms with E-state index in [0.29, 0.717) is 11.8 Å². The summed E-state index contributed by atoms with van der Waals surface area (Å²) in [5.74, 6) is 0.422. The Bertz CT molecular complexity index is 160. The molecule has 0 rings (SSSR count). The first-order valence-corrected chi connectivity index (χ1v) is 6.70. The van der Waals surface area contributed by atoms with Gasteiger partial charge < -0.3 is 9.45 Å². The molecule has 2 atom stereocenters. The highest BCUT2D eigenvalue weighted by Crippen LogP contribution is 2.08. The van der Waals surface area contributed by atoms with Gasteiger partial charge in [0.1, 0.15) is 0 Å². The molecule has 0 aliphatic rings. The van der Waals surface area contributed by atoms with Crippen molar-refractivity contribution in [2.24, 2.45) is 0 Å². The SMILES string of the molecule is CCN(CC)C(C)CCCCS(=O)O. The van der Waals surface area contributed by atoms with Crippen LogP contribution in [0.4, 0.5) is 0 Å². The van der Waals surface area contributed by atoms with E-state index >= 15 is 0 Å². The summed E-state index contributed by atoms with van der Waals surface area (Å²) in [6.07, 6.45) is 3.03. The van der Waals surface area contributed by atoms with E-state index in [1.165, 1.54) is 0 Å². The molecule has 0 heterocycles. The van der Waals surface area contributed by atoms with Gasteiger partial charge in [0.2, 0.25) is 0 Å². The third-order valence-electron chi connectivity index (χ3n) is 2.63. The van der Waals surface area contributed by atoms with Gasteiger partial charge in [-0.1, -0.05) is 20.3 Å². The van der Waals surface area contributed by atoms with Gasteiger partial charge in [0.05, 0.1) is 0 Å². The lowest BCUT2D eigenvalue weighted by Gasteiger charge is -2.26. The van der Waals surface area contributed by atoms with Crippen LogP contribution in [0.1, 0.15) is 40.0 Å². The lowest BCUT2D eigenvalue weighted by molar-refractivity contribution is 0.218. The predicted octanol–water partition coefficient (Wildman–Crippen LogP) is 2.11. The largest absolute Gasteiger partial charge is 0.306 e. The molecule has 1 N–H and O–H groups in total. The van der Waals surface area contributed by atoms with E-state index < -0.39 is 11.1 Å². The second-order valence-corrected chi connectivity index (χ2v) is 4.64. The molecule has 3 nitrogen and oxygen atoms in total. The van der Waals surface area contributed by atoms with Crippen LogP contribution in [0.2, 0.25) is 0 Å². The molecule has 0 aromatic heterocycles. The Morgan fingerprint density at radius 2 is 1.86 bits per heavy atom. The van der Waals surface area contributed by atoms with Gasteiger partial charge in [0.15, 0.2) is 11.1 Å². The molecular formula is C10H23NO2S. The molecule has 4 heteroatoms. The standard InChI is InChI=1S/C10H23NO2S/c1-4-11(5-2)10(3)8-6-7-9-14(12)13/h10H,4-9H2,1-3H3,(H,12,13). The molecule has 0 aliphatic carbocycles. The second-order valence-electron chi connectivity index (χ2n) is 3.59. The monoisotopic (exact) mass is 221 g/mol. The average molecular weight is 221 g/mol. The van der Waals surface area contributed by atoms with Crippen LogP contribution < -0.4 is 0 Å². The minimum absolute atomic E-state index is 0.422. The van der Waals surface area contributed by atoms with Crippen molar-refractivity contribution in [3.05, 3.63) is 0 Å². The molecule has 0 spiro atoms. The topological polar surface area (TPSA) is 40.5 Å². The third-order valence-corrected chi connectivity index (χ3v) is 3.26. The molecule has 0 aromatic rings. The van der Waals surface area contributed by atoms with E-state index in [2.05, 4.69) is 25.7 Å². The first-order valence-electron chi connectivity index (χ1n) is 5.43. The Morgan fingerprint density at radius 1 is 1.29 bits per heavy atom. The zero-order chi connectivity index (χ0) is 11.0. The lowest BCUT2D eigenvalue weighted by Crippen LogP contribution is -2.32. The maximum atomic E-state index is 10.4. The van der Waals surface area contributed by atoms with Gasteiger partial charge >= 0.3 is 0 Å². The summed E-state index contributed by atoms with van der Waals surface area (Å²) >= 11 is -1.61. The molecule has 0 amide bonds. The summed E-state index contributed by atoms with van der Waals surface area (Å²) in [6.45, 7) is 8.74. The summed E-state index contributed by atoms with van der Waals surface area (Å²) in [5.41, 5.74) is 0. The molecule has 86 valence electrons. The number of rotatable bonds is 8. The van der Waals surface area contributed by atoms with Crippen LogP contribution in [0.25, 0.3) is 0 Å². The minimum Gasteiger partial charge on any atom is -0.306 e. The first kappa shape index (κ1) is 14.1. The fourth-order valence-corrected chi connectivity index (χ4v) is 2.15. The van der Waals surface area contributed by atoms with E-state index in [4.69, 9.17) is 4.55 Å². The maximum absolute atomic E-state index is 10.4. The summed E-state index contributed by atoms with van der Waals surface area (Å²) in [7, 11) is 0. The van der Waals surface area contributed by atoms with Crippen LogP contribution in [0.5, 0.6) is 0 Å². The number of hydrogen-bond donors (Lipinski definition) is 1. The van der Waals surface area contributed by atoms with Gasteiger partial charge in [-0.15, -0.1) is 0 Å². The van der Waals surface area contributed by atoms with Crippen molar-refractivity contribution >= 4 is 11.1 Å². The van der Waals surface area contributed by atoms with Gasteiger partial charge in [0, 0.05) is 11.8 Å². The Kier molecular flexibility index (Phi) is 8.43. The van der Waals surface area contributed by atoms with Crippen molar-refractivity contribution in [2.75, 3.05) is 18.8 Å². The van der Waals surface area contributed by atoms with E-state index in [1.807, 2.05) is 0 Å². The molecular weight excluding hydrogens is 198 g/mol. The lowest BCUT2D eigenvalue weighted by atomic mass is 10.1. The van der Waals surface area contributed by atoms with Crippen LogP contribution in [-0.2, 0) is 11.1 Å². The van der Waals surface area contributed by atoms with Crippen molar-refractivity contribution in [2.45, 2.75) is 46.1 Å². The molecule has 0 saturated heterocycles. The Balaban J connectivity index is 3.51. The van der Waals surface area contributed by atoms with Crippen LogP contribution in [0.3, 0.4) is 0 Å². The number of unbranched alkanes of at least 4 members (excludes halogenated alkanes) is 1. The van der Waals surface area contributed by atoms with E-state index in [0.717, 1.165) is 32.4 Å². The molecule has 0 bridgehead atoms. The highest BCUT2D eigenvalue weighted by Gasteiger charge is 2.08. The summed E-state index contributed by atoms with van der Waals surface area (Å²) < 4.78 is 19.0. The Labute approximate surface area is 90.2 Å². The molecule has 0 aromatic carbocycles. The molecule has 0 fully saturated rings. The molecule has 2 unspecified atom stereocenters. The van der Waals surface area contributed by atoms with Crippen molar-refractivity contribution in [1.82, 2.24) is 4.90 Å². The zero-order valence-electron chi connectivity index (χ0n) is 9.53. The third kappa shape index (κ3) is 6.51. The highest BCUT2D eigenvalue weighted by molar-refractivity contribution is 7.79.